The lowest BCUT2D eigenvalue weighted by Crippen LogP contribution is -2.50. The average molecular weight is 330 g/mol. The number of hydrogen-bond donors (Lipinski definition) is 1. The number of rotatable bonds is 7. The van der Waals surface area contributed by atoms with Gasteiger partial charge in [-0.3, -0.25) is 9.69 Å². The fraction of sp³-hybridized carbons (Fsp3) is 0.650. The zero-order chi connectivity index (χ0) is 16.8. The van der Waals surface area contributed by atoms with E-state index >= 15 is 0 Å². The molecule has 1 atom stereocenters. The molecule has 0 aromatic heterocycles. The first-order chi connectivity index (χ1) is 11.8. The Bertz CT molecular complexity index is 557. The maximum Gasteiger partial charge on any atom is 0.237 e. The maximum absolute atomic E-state index is 12.4. The van der Waals surface area contributed by atoms with E-state index in [4.69, 9.17) is 4.74 Å². The molecule has 4 nitrogen and oxygen atoms in total. The van der Waals surface area contributed by atoms with Gasteiger partial charge in [0.05, 0.1) is 12.6 Å². The smallest absolute Gasteiger partial charge is 0.237 e. The fourth-order valence-corrected chi connectivity index (χ4v) is 3.94. The second-order valence-corrected chi connectivity index (χ2v) is 6.97. The summed E-state index contributed by atoms with van der Waals surface area (Å²) < 4.78 is 5.82. The molecule has 4 heteroatoms. The second-order valence-electron chi connectivity index (χ2n) is 6.97. The van der Waals surface area contributed by atoms with Gasteiger partial charge in [-0.1, -0.05) is 19.4 Å². The van der Waals surface area contributed by atoms with Crippen LogP contribution in [0, 0.1) is 0 Å². The maximum atomic E-state index is 12.4. The highest BCUT2D eigenvalue weighted by Gasteiger charge is 2.27. The summed E-state index contributed by atoms with van der Waals surface area (Å²) >= 11 is 0. The number of fused-ring (bicyclic) bond motifs is 1. The summed E-state index contributed by atoms with van der Waals surface area (Å²) in [7, 11) is 0. The molecule has 24 heavy (non-hydrogen) atoms. The van der Waals surface area contributed by atoms with Crippen LogP contribution in [0.15, 0.2) is 18.2 Å². The van der Waals surface area contributed by atoms with E-state index in [1.807, 2.05) is 0 Å². The molecule has 1 aromatic rings. The topological polar surface area (TPSA) is 41.6 Å². The summed E-state index contributed by atoms with van der Waals surface area (Å²) in [6.07, 6.45) is 8.07. The van der Waals surface area contributed by atoms with E-state index in [1.165, 1.54) is 30.4 Å². The van der Waals surface area contributed by atoms with Crippen molar-refractivity contribution in [1.29, 1.82) is 0 Å². The Kier molecular flexibility index (Phi) is 6.13. The van der Waals surface area contributed by atoms with Crippen LogP contribution < -0.4 is 10.1 Å². The molecular weight excluding hydrogens is 300 g/mol. The van der Waals surface area contributed by atoms with Crippen molar-refractivity contribution >= 4 is 5.91 Å². The Morgan fingerprint density at radius 2 is 2.12 bits per heavy atom. The first-order valence-electron chi connectivity index (χ1n) is 9.54. The third-order valence-electron chi connectivity index (χ3n) is 5.17. The first kappa shape index (κ1) is 17.3. The zero-order valence-corrected chi connectivity index (χ0v) is 14.9. The Morgan fingerprint density at radius 1 is 1.25 bits per heavy atom. The van der Waals surface area contributed by atoms with Gasteiger partial charge in [-0.05, 0) is 74.9 Å². The zero-order valence-electron chi connectivity index (χ0n) is 14.9. The van der Waals surface area contributed by atoms with Gasteiger partial charge < -0.3 is 10.1 Å². The van der Waals surface area contributed by atoms with Crippen molar-refractivity contribution in [3.63, 3.8) is 0 Å². The highest BCUT2D eigenvalue weighted by molar-refractivity contribution is 5.81. The Morgan fingerprint density at radius 3 is 3.00 bits per heavy atom. The molecule has 132 valence electrons. The molecular formula is C20H30N2O2. The van der Waals surface area contributed by atoms with E-state index in [0.717, 1.165) is 44.5 Å². The predicted molar refractivity (Wildman–Crippen MR) is 96.5 cm³/mol. The van der Waals surface area contributed by atoms with Gasteiger partial charge in [0, 0.05) is 0 Å². The van der Waals surface area contributed by atoms with E-state index in [1.54, 1.807) is 0 Å². The summed E-state index contributed by atoms with van der Waals surface area (Å²) in [5.41, 5.74) is 2.89. The van der Waals surface area contributed by atoms with Gasteiger partial charge in [0.2, 0.25) is 5.91 Å². The highest BCUT2D eigenvalue weighted by atomic mass is 16.5. The molecule has 0 saturated carbocycles. The number of nitrogens with zero attached hydrogens (tertiary/aromatic N) is 1. The summed E-state index contributed by atoms with van der Waals surface area (Å²) in [6.45, 7) is 5.35. The van der Waals surface area contributed by atoms with Crippen molar-refractivity contribution in [3.05, 3.63) is 29.3 Å². The predicted octanol–water partition coefficient (Wildman–Crippen LogP) is 2.93. The van der Waals surface area contributed by atoms with Crippen molar-refractivity contribution < 1.29 is 9.53 Å². The molecule has 0 radical (unpaired) electrons. The van der Waals surface area contributed by atoms with E-state index in [-0.39, 0.29) is 11.9 Å². The highest BCUT2D eigenvalue weighted by Crippen LogP contribution is 2.25. The van der Waals surface area contributed by atoms with E-state index in [9.17, 15) is 4.79 Å². The van der Waals surface area contributed by atoms with E-state index in [0.29, 0.717) is 13.2 Å². The van der Waals surface area contributed by atoms with Crippen LogP contribution in [0.5, 0.6) is 5.75 Å². The number of nitrogens with one attached hydrogen (secondary N) is 1. The molecule has 1 N–H and O–H groups in total. The third kappa shape index (κ3) is 4.29. The van der Waals surface area contributed by atoms with Gasteiger partial charge in [-0.2, -0.15) is 0 Å². The van der Waals surface area contributed by atoms with Crippen LogP contribution in [0.25, 0.3) is 0 Å². The minimum atomic E-state index is 0.0543. The lowest BCUT2D eigenvalue weighted by atomic mass is 10.0. The first-order valence-corrected chi connectivity index (χ1v) is 9.54. The number of carbonyl (C=O) groups excluding carboxylic acids is 1. The molecule has 0 spiro atoms. The van der Waals surface area contributed by atoms with Crippen LogP contribution >= 0.6 is 0 Å². The monoisotopic (exact) mass is 330 g/mol. The minimum absolute atomic E-state index is 0.0543. The third-order valence-corrected chi connectivity index (χ3v) is 5.17. The lowest BCUT2D eigenvalue weighted by Gasteiger charge is -2.34. The number of benzene rings is 1. The number of aryl methyl sites for hydroxylation is 2. The number of hydrogen-bond acceptors (Lipinski definition) is 3. The molecule has 1 aliphatic carbocycles. The summed E-state index contributed by atoms with van der Waals surface area (Å²) in [4.78, 5) is 14.8. The number of carbonyl (C=O) groups is 1. The number of likely N-dealkylation sites (tertiary alicyclic amines) is 1. The SMILES string of the molecule is CCCN1CCCCC1C(=O)NCCOc1ccc2c(c1)CCC2. The number of amides is 1. The van der Waals surface area contributed by atoms with Gasteiger partial charge in [0.25, 0.3) is 0 Å². The second kappa shape index (κ2) is 8.52. The van der Waals surface area contributed by atoms with Crippen molar-refractivity contribution in [2.24, 2.45) is 0 Å². The molecule has 1 saturated heterocycles. The van der Waals surface area contributed by atoms with Gasteiger partial charge in [0.1, 0.15) is 12.4 Å². The van der Waals surface area contributed by atoms with Crippen molar-refractivity contribution in [3.8, 4) is 5.75 Å². The number of ether oxygens (including phenoxy) is 1. The number of piperidine rings is 1. The summed E-state index contributed by atoms with van der Waals surface area (Å²) in [5, 5.41) is 3.06. The van der Waals surface area contributed by atoms with Gasteiger partial charge in [-0.25, -0.2) is 0 Å². The Balaban J connectivity index is 1.41. The van der Waals surface area contributed by atoms with Crippen molar-refractivity contribution in [2.45, 2.75) is 57.9 Å². The summed E-state index contributed by atoms with van der Waals surface area (Å²) in [6, 6.07) is 6.45. The molecule has 1 fully saturated rings. The van der Waals surface area contributed by atoms with Crippen LogP contribution in [0.2, 0.25) is 0 Å². The van der Waals surface area contributed by atoms with Gasteiger partial charge >= 0.3 is 0 Å². The molecule has 2 aliphatic rings. The van der Waals surface area contributed by atoms with Crippen LogP contribution in [-0.2, 0) is 17.6 Å². The van der Waals surface area contributed by atoms with Crippen LogP contribution in [0.3, 0.4) is 0 Å². The molecule has 1 heterocycles. The minimum Gasteiger partial charge on any atom is -0.492 e. The van der Waals surface area contributed by atoms with E-state index < -0.39 is 0 Å². The lowest BCUT2D eigenvalue weighted by molar-refractivity contribution is -0.127. The normalized spacial score (nSPS) is 20.6. The molecule has 1 aromatic carbocycles. The van der Waals surface area contributed by atoms with E-state index in [2.05, 4.69) is 35.3 Å². The molecule has 1 amide bonds. The van der Waals surface area contributed by atoms with Gasteiger partial charge in [0.15, 0.2) is 0 Å². The van der Waals surface area contributed by atoms with Crippen molar-refractivity contribution in [2.75, 3.05) is 26.2 Å². The standard InChI is InChI=1S/C20H30N2O2/c1-2-12-22-13-4-3-8-19(22)20(23)21-11-14-24-18-10-9-16-6-5-7-17(16)15-18/h9-10,15,19H,2-8,11-14H2,1H3,(H,21,23). The van der Waals surface area contributed by atoms with Crippen LogP contribution in [-0.4, -0.2) is 43.1 Å². The van der Waals surface area contributed by atoms with Crippen LogP contribution in [0.4, 0.5) is 0 Å². The van der Waals surface area contributed by atoms with Gasteiger partial charge in [-0.15, -0.1) is 0 Å². The Labute approximate surface area is 145 Å². The fourth-order valence-electron chi connectivity index (χ4n) is 3.94. The largest absolute Gasteiger partial charge is 0.492 e. The molecule has 0 bridgehead atoms. The van der Waals surface area contributed by atoms with Crippen LogP contribution in [0.1, 0.15) is 50.2 Å². The molecule has 1 aliphatic heterocycles. The average Bonchev–Trinajstić information content (AvgIpc) is 3.07. The molecule has 3 rings (SSSR count). The summed E-state index contributed by atoms with van der Waals surface area (Å²) in [5.74, 6) is 1.09. The van der Waals surface area contributed by atoms with Crippen molar-refractivity contribution in [1.82, 2.24) is 10.2 Å². The molecule has 1 unspecified atom stereocenters. The quantitative estimate of drug-likeness (QED) is 0.782. The Hall–Kier alpha value is -1.55.